The molecule has 0 aliphatic heterocycles. The molecule has 2 heteroatoms. The van der Waals surface area contributed by atoms with E-state index in [0.29, 0.717) is 6.04 Å². The van der Waals surface area contributed by atoms with Crippen molar-refractivity contribution in [2.45, 2.75) is 65.3 Å². The molecule has 0 spiro atoms. The van der Waals surface area contributed by atoms with Gasteiger partial charge in [0.05, 0.1) is 0 Å². The van der Waals surface area contributed by atoms with Crippen LogP contribution in [0.5, 0.6) is 0 Å². The first-order valence-electron chi connectivity index (χ1n) is 8.00. The van der Waals surface area contributed by atoms with Crippen molar-refractivity contribution in [1.29, 1.82) is 0 Å². The van der Waals surface area contributed by atoms with Gasteiger partial charge in [-0.3, -0.25) is 0 Å². The minimum absolute atomic E-state index is 0.683. The average molecular weight is 254 g/mol. The van der Waals surface area contributed by atoms with Crippen molar-refractivity contribution in [3.05, 3.63) is 0 Å². The molecule has 0 aromatic heterocycles. The van der Waals surface area contributed by atoms with Gasteiger partial charge in [-0.15, -0.1) is 0 Å². The number of nitrogens with one attached hydrogen (secondary N) is 1. The first-order valence-corrected chi connectivity index (χ1v) is 8.00. The molecule has 0 bridgehead atoms. The Morgan fingerprint density at radius 2 is 1.78 bits per heavy atom. The summed E-state index contributed by atoms with van der Waals surface area (Å²) in [6.45, 7) is 10.6. The molecule has 2 nitrogen and oxygen atoms in total. The van der Waals surface area contributed by atoms with Gasteiger partial charge < -0.3 is 10.2 Å². The predicted molar refractivity (Wildman–Crippen MR) is 81.0 cm³/mol. The Balaban J connectivity index is 1.90. The predicted octanol–water partition coefficient (Wildman–Crippen LogP) is 3.52. The highest BCUT2D eigenvalue weighted by Crippen LogP contribution is 2.27. The molecule has 0 radical (unpaired) electrons. The molecular weight excluding hydrogens is 220 g/mol. The van der Waals surface area contributed by atoms with Gasteiger partial charge in [-0.05, 0) is 78.0 Å². The van der Waals surface area contributed by atoms with E-state index < -0.39 is 0 Å². The third-order valence-electron chi connectivity index (χ3n) is 4.56. The zero-order valence-corrected chi connectivity index (χ0v) is 13.0. The van der Waals surface area contributed by atoms with Crippen molar-refractivity contribution in [3.63, 3.8) is 0 Å². The smallest absolute Gasteiger partial charge is 0.00355 e. The molecule has 0 saturated heterocycles. The molecule has 1 aliphatic rings. The second-order valence-electron chi connectivity index (χ2n) is 6.61. The number of rotatable bonds is 8. The second kappa shape index (κ2) is 8.92. The largest absolute Gasteiger partial charge is 0.316 e. The first kappa shape index (κ1) is 16.0. The normalized spacial score (nSPS) is 25.0. The van der Waals surface area contributed by atoms with Crippen LogP contribution in [-0.2, 0) is 0 Å². The summed E-state index contributed by atoms with van der Waals surface area (Å²) in [4.78, 5) is 2.43. The summed E-state index contributed by atoms with van der Waals surface area (Å²) < 4.78 is 0. The Morgan fingerprint density at radius 3 is 2.39 bits per heavy atom. The number of hydrogen-bond donors (Lipinski definition) is 1. The van der Waals surface area contributed by atoms with Gasteiger partial charge in [-0.2, -0.15) is 0 Å². The van der Waals surface area contributed by atoms with Gasteiger partial charge in [-0.1, -0.05) is 19.8 Å². The lowest BCUT2D eigenvalue weighted by Gasteiger charge is -2.26. The summed E-state index contributed by atoms with van der Waals surface area (Å²) in [6, 6.07) is 0.683. The highest BCUT2D eigenvalue weighted by molar-refractivity contribution is 4.71. The fourth-order valence-corrected chi connectivity index (χ4v) is 2.71. The van der Waals surface area contributed by atoms with E-state index in [1.165, 1.54) is 58.2 Å². The third-order valence-corrected chi connectivity index (χ3v) is 4.56. The lowest BCUT2D eigenvalue weighted by atomic mass is 9.83. The molecule has 0 heterocycles. The summed E-state index contributed by atoms with van der Waals surface area (Å²) in [6.07, 6.45) is 8.44. The van der Waals surface area contributed by atoms with Crippen molar-refractivity contribution >= 4 is 0 Å². The fourth-order valence-electron chi connectivity index (χ4n) is 2.71. The monoisotopic (exact) mass is 254 g/mol. The van der Waals surface area contributed by atoms with Crippen LogP contribution in [0.4, 0.5) is 0 Å². The molecule has 1 rings (SSSR count). The molecule has 0 atom stereocenters. The van der Waals surface area contributed by atoms with Gasteiger partial charge in [0.1, 0.15) is 0 Å². The molecule has 18 heavy (non-hydrogen) atoms. The molecule has 0 amide bonds. The summed E-state index contributed by atoms with van der Waals surface area (Å²) in [5.41, 5.74) is 0. The van der Waals surface area contributed by atoms with Crippen LogP contribution < -0.4 is 5.32 Å². The van der Waals surface area contributed by atoms with E-state index in [2.05, 4.69) is 38.0 Å². The SMILES string of the molecule is CC1CCC(CNCCCCN(C)C(C)C)CC1. The zero-order chi connectivity index (χ0) is 13.4. The Labute approximate surface area is 115 Å². The molecule has 1 fully saturated rings. The minimum Gasteiger partial charge on any atom is -0.316 e. The van der Waals surface area contributed by atoms with Crippen LogP contribution >= 0.6 is 0 Å². The van der Waals surface area contributed by atoms with E-state index in [1.807, 2.05) is 0 Å². The lowest BCUT2D eigenvalue weighted by molar-refractivity contribution is 0.264. The molecule has 0 unspecified atom stereocenters. The number of nitrogens with zero attached hydrogens (tertiary/aromatic N) is 1. The van der Waals surface area contributed by atoms with Crippen LogP contribution in [0.2, 0.25) is 0 Å². The summed E-state index contributed by atoms with van der Waals surface area (Å²) in [5.74, 6) is 1.94. The molecule has 1 aliphatic carbocycles. The quantitative estimate of drug-likeness (QED) is 0.667. The molecular formula is C16H34N2. The summed E-state index contributed by atoms with van der Waals surface area (Å²) in [7, 11) is 2.22. The van der Waals surface area contributed by atoms with Gasteiger partial charge in [-0.25, -0.2) is 0 Å². The van der Waals surface area contributed by atoms with Gasteiger partial charge in [0.2, 0.25) is 0 Å². The number of unbranched alkanes of at least 4 members (excludes halogenated alkanes) is 1. The Hall–Kier alpha value is -0.0800. The maximum Gasteiger partial charge on any atom is 0.00355 e. The highest BCUT2D eigenvalue weighted by Gasteiger charge is 2.17. The Kier molecular flexibility index (Phi) is 7.92. The fraction of sp³-hybridized carbons (Fsp3) is 1.00. The zero-order valence-electron chi connectivity index (χ0n) is 13.0. The summed E-state index contributed by atoms with van der Waals surface area (Å²) in [5, 5.41) is 3.65. The van der Waals surface area contributed by atoms with Crippen LogP contribution in [0.25, 0.3) is 0 Å². The van der Waals surface area contributed by atoms with Crippen molar-refractivity contribution < 1.29 is 0 Å². The van der Waals surface area contributed by atoms with E-state index in [4.69, 9.17) is 0 Å². The molecule has 0 aromatic rings. The topological polar surface area (TPSA) is 15.3 Å². The lowest BCUT2D eigenvalue weighted by Crippen LogP contribution is -2.29. The van der Waals surface area contributed by atoms with Gasteiger partial charge in [0.25, 0.3) is 0 Å². The molecule has 0 aromatic carbocycles. The van der Waals surface area contributed by atoms with Gasteiger partial charge in [0, 0.05) is 6.04 Å². The van der Waals surface area contributed by atoms with Crippen LogP contribution in [0.1, 0.15) is 59.3 Å². The van der Waals surface area contributed by atoms with Crippen molar-refractivity contribution in [3.8, 4) is 0 Å². The van der Waals surface area contributed by atoms with E-state index >= 15 is 0 Å². The minimum atomic E-state index is 0.683. The van der Waals surface area contributed by atoms with Crippen LogP contribution in [0, 0.1) is 11.8 Å². The van der Waals surface area contributed by atoms with E-state index in [0.717, 1.165) is 11.8 Å². The summed E-state index contributed by atoms with van der Waals surface area (Å²) >= 11 is 0. The van der Waals surface area contributed by atoms with Crippen LogP contribution in [0.15, 0.2) is 0 Å². The molecule has 1 saturated carbocycles. The Bertz CT molecular complexity index is 195. The third kappa shape index (κ3) is 6.75. The highest BCUT2D eigenvalue weighted by atomic mass is 15.1. The average Bonchev–Trinajstić information content (AvgIpc) is 2.35. The molecule has 1 N–H and O–H groups in total. The molecule has 108 valence electrons. The maximum atomic E-state index is 3.65. The maximum absolute atomic E-state index is 3.65. The van der Waals surface area contributed by atoms with Crippen molar-refractivity contribution in [2.24, 2.45) is 11.8 Å². The van der Waals surface area contributed by atoms with Gasteiger partial charge in [0.15, 0.2) is 0 Å². The van der Waals surface area contributed by atoms with Crippen molar-refractivity contribution in [1.82, 2.24) is 10.2 Å². The standard InChI is InChI=1S/C16H34N2/c1-14(2)18(4)12-6-5-11-17-13-16-9-7-15(3)8-10-16/h14-17H,5-13H2,1-4H3. The van der Waals surface area contributed by atoms with Crippen molar-refractivity contribution in [2.75, 3.05) is 26.7 Å². The Morgan fingerprint density at radius 1 is 1.11 bits per heavy atom. The van der Waals surface area contributed by atoms with E-state index in [-0.39, 0.29) is 0 Å². The van der Waals surface area contributed by atoms with E-state index in [1.54, 1.807) is 0 Å². The first-order chi connectivity index (χ1) is 8.59. The van der Waals surface area contributed by atoms with Gasteiger partial charge >= 0.3 is 0 Å². The second-order valence-corrected chi connectivity index (χ2v) is 6.61. The van der Waals surface area contributed by atoms with Crippen LogP contribution in [0.3, 0.4) is 0 Å². The van der Waals surface area contributed by atoms with Crippen LogP contribution in [-0.4, -0.2) is 37.6 Å². The van der Waals surface area contributed by atoms with E-state index in [9.17, 15) is 0 Å². The number of hydrogen-bond acceptors (Lipinski definition) is 2.